The Morgan fingerprint density at radius 3 is 2.36 bits per heavy atom. The number of rotatable bonds is 9. The molecule has 0 radical (unpaired) electrons. The molecule has 0 saturated carbocycles. The summed E-state index contributed by atoms with van der Waals surface area (Å²) >= 11 is 1.66. The first kappa shape index (κ1) is 24.1. The number of nitrogens with zero attached hydrogens (tertiary/aromatic N) is 4. The third kappa shape index (κ3) is 5.46. The highest BCUT2D eigenvalue weighted by Gasteiger charge is 2.20. The first-order valence-electron chi connectivity index (χ1n) is 12.3. The summed E-state index contributed by atoms with van der Waals surface area (Å²) in [5.74, 6) is 2.46. The van der Waals surface area contributed by atoms with Crippen LogP contribution < -0.4 is 4.74 Å². The first-order chi connectivity index (χ1) is 17.7. The molecule has 1 amide bonds. The molecule has 5 rings (SSSR count). The van der Waals surface area contributed by atoms with Crippen LogP contribution in [0.15, 0.2) is 84.0 Å². The predicted octanol–water partition coefficient (Wildman–Crippen LogP) is 5.72. The monoisotopic (exact) mass is 498 g/mol. The standard InChI is InChI=1S/C29H30N4O2S/c1-35-26-12-6-5-11-25(26)27-30-31-29(33(27)20-17-22-9-3-2-4-10-22)36-21-23-13-15-24(16-14-23)28(34)32-18-7-8-19-32/h2-6,9-16H,7-8,17-21H2,1H3. The smallest absolute Gasteiger partial charge is 0.253 e. The first-order valence-corrected chi connectivity index (χ1v) is 13.3. The van der Waals surface area contributed by atoms with Gasteiger partial charge in [-0.2, -0.15) is 0 Å². The average Bonchev–Trinajstić information content (AvgIpc) is 3.62. The molecule has 0 unspecified atom stereocenters. The van der Waals surface area contributed by atoms with E-state index in [-0.39, 0.29) is 5.91 Å². The van der Waals surface area contributed by atoms with Gasteiger partial charge in [0.2, 0.25) is 0 Å². The summed E-state index contributed by atoms with van der Waals surface area (Å²) in [5, 5.41) is 9.98. The van der Waals surface area contributed by atoms with E-state index >= 15 is 0 Å². The number of para-hydroxylation sites is 1. The fourth-order valence-electron chi connectivity index (χ4n) is 4.51. The van der Waals surface area contributed by atoms with Crippen molar-refractivity contribution in [3.8, 4) is 17.1 Å². The Hall–Kier alpha value is -3.58. The van der Waals surface area contributed by atoms with Crippen molar-refractivity contribution in [3.63, 3.8) is 0 Å². The summed E-state index contributed by atoms with van der Waals surface area (Å²) in [5.41, 5.74) is 4.10. The van der Waals surface area contributed by atoms with Gasteiger partial charge < -0.3 is 14.2 Å². The van der Waals surface area contributed by atoms with Crippen LogP contribution in [0.4, 0.5) is 0 Å². The molecule has 0 spiro atoms. The van der Waals surface area contributed by atoms with Crippen LogP contribution in [0.5, 0.6) is 5.75 Å². The van der Waals surface area contributed by atoms with Crippen molar-refractivity contribution in [2.45, 2.75) is 36.7 Å². The number of carbonyl (C=O) groups excluding carboxylic acids is 1. The maximum atomic E-state index is 12.6. The topological polar surface area (TPSA) is 60.3 Å². The summed E-state index contributed by atoms with van der Waals surface area (Å²) < 4.78 is 7.79. The Balaban J connectivity index is 1.34. The Morgan fingerprint density at radius 1 is 0.889 bits per heavy atom. The number of ether oxygens (including phenoxy) is 1. The number of benzene rings is 3. The lowest BCUT2D eigenvalue weighted by Gasteiger charge is -2.15. The summed E-state index contributed by atoms with van der Waals surface area (Å²) in [6.07, 6.45) is 3.08. The van der Waals surface area contributed by atoms with Gasteiger partial charge in [0, 0.05) is 31.0 Å². The number of aromatic nitrogens is 3. The van der Waals surface area contributed by atoms with E-state index in [1.54, 1.807) is 18.9 Å². The summed E-state index contributed by atoms with van der Waals surface area (Å²) in [6.45, 7) is 2.49. The largest absolute Gasteiger partial charge is 0.496 e. The molecule has 6 nitrogen and oxygen atoms in total. The lowest BCUT2D eigenvalue weighted by molar-refractivity contribution is 0.0793. The van der Waals surface area contributed by atoms with Gasteiger partial charge in [-0.1, -0.05) is 66.4 Å². The van der Waals surface area contributed by atoms with E-state index in [0.29, 0.717) is 0 Å². The molecular formula is C29H30N4O2S. The Labute approximate surface area is 216 Å². The highest BCUT2D eigenvalue weighted by atomic mass is 32.2. The van der Waals surface area contributed by atoms with E-state index in [4.69, 9.17) is 4.74 Å². The average molecular weight is 499 g/mol. The zero-order valence-electron chi connectivity index (χ0n) is 20.5. The highest BCUT2D eigenvalue weighted by molar-refractivity contribution is 7.98. The molecule has 0 N–H and O–H groups in total. The van der Waals surface area contributed by atoms with Crippen molar-refractivity contribution in [1.29, 1.82) is 0 Å². The van der Waals surface area contributed by atoms with E-state index in [9.17, 15) is 4.79 Å². The van der Waals surface area contributed by atoms with Crippen LogP contribution in [0, 0.1) is 0 Å². The van der Waals surface area contributed by atoms with Gasteiger partial charge in [0.25, 0.3) is 5.91 Å². The molecule has 1 aliphatic heterocycles. The molecule has 4 aromatic rings. The summed E-state index contributed by atoms with van der Waals surface area (Å²) in [6, 6.07) is 26.3. The zero-order valence-corrected chi connectivity index (χ0v) is 21.3. The van der Waals surface area contributed by atoms with Crippen LogP contribution in [0.25, 0.3) is 11.4 Å². The zero-order chi connectivity index (χ0) is 24.7. The molecular weight excluding hydrogens is 468 g/mol. The fraction of sp³-hybridized carbons (Fsp3) is 0.276. The quantitative estimate of drug-likeness (QED) is 0.276. The van der Waals surface area contributed by atoms with Gasteiger partial charge in [0.15, 0.2) is 11.0 Å². The number of carbonyl (C=O) groups is 1. The third-order valence-corrected chi connectivity index (χ3v) is 7.53. The molecule has 7 heteroatoms. The SMILES string of the molecule is COc1ccccc1-c1nnc(SCc2ccc(C(=O)N3CCCC3)cc2)n1CCc1ccccc1. The minimum Gasteiger partial charge on any atom is -0.496 e. The summed E-state index contributed by atoms with van der Waals surface area (Å²) in [4.78, 5) is 14.6. The van der Waals surface area contributed by atoms with E-state index in [2.05, 4.69) is 39.0 Å². The van der Waals surface area contributed by atoms with Crippen LogP contribution in [-0.4, -0.2) is 45.8 Å². The number of thioether (sulfide) groups is 1. The molecule has 0 bridgehead atoms. The lowest BCUT2D eigenvalue weighted by Crippen LogP contribution is -2.27. The number of hydrogen-bond acceptors (Lipinski definition) is 5. The molecule has 1 aromatic heterocycles. The normalized spacial score (nSPS) is 13.2. The van der Waals surface area contributed by atoms with Crippen molar-refractivity contribution in [3.05, 3.63) is 95.6 Å². The molecule has 1 saturated heterocycles. The van der Waals surface area contributed by atoms with Crippen LogP contribution >= 0.6 is 11.8 Å². The number of aryl methyl sites for hydroxylation is 1. The van der Waals surface area contributed by atoms with Gasteiger partial charge in [0.05, 0.1) is 12.7 Å². The fourth-order valence-corrected chi connectivity index (χ4v) is 5.43. The van der Waals surface area contributed by atoms with Crippen molar-refractivity contribution in [1.82, 2.24) is 19.7 Å². The molecule has 0 aliphatic carbocycles. The van der Waals surface area contributed by atoms with Crippen molar-refractivity contribution < 1.29 is 9.53 Å². The Morgan fingerprint density at radius 2 is 1.61 bits per heavy atom. The van der Waals surface area contributed by atoms with Crippen molar-refractivity contribution >= 4 is 17.7 Å². The van der Waals surface area contributed by atoms with E-state index in [0.717, 1.165) is 78.1 Å². The number of methoxy groups -OCH3 is 1. The predicted molar refractivity (Wildman–Crippen MR) is 143 cm³/mol. The molecule has 1 aliphatic rings. The van der Waals surface area contributed by atoms with Gasteiger partial charge in [-0.25, -0.2) is 0 Å². The van der Waals surface area contributed by atoms with Crippen molar-refractivity contribution in [2.75, 3.05) is 20.2 Å². The van der Waals surface area contributed by atoms with Gasteiger partial charge >= 0.3 is 0 Å². The Bertz CT molecular complexity index is 1300. The highest BCUT2D eigenvalue weighted by Crippen LogP contribution is 2.32. The Kier molecular flexibility index (Phi) is 7.67. The summed E-state index contributed by atoms with van der Waals surface area (Å²) in [7, 11) is 1.68. The number of likely N-dealkylation sites (tertiary alicyclic amines) is 1. The van der Waals surface area contributed by atoms with Crippen molar-refractivity contribution in [2.24, 2.45) is 0 Å². The van der Waals surface area contributed by atoms with Crippen LogP contribution in [0.2, 0.25) is 0 Å². The van der Waals surface area contributed by atoms with Gasteiger partial charge in [-0.15, -0.1) is 10.2 Å². The van der Waals surface area contributed by atoms with E-state index < -0.39 is 0 Å². The lowest BCUT2D eigenvalue weighted by atomic mass is 10.1. The van der Waals surface area contributed by atoms with Gasteiger partial charge in [0.1, 0.15) is 5.75 Å². The second-order valence-corrected chi connectivity index (χ2v) is 9.82. The molecule has 0 atom stereocenters. The maximum absolute atomic E-state index is 12.6. The van der Waals surface area contributed by atoms with E-state index in [1.165, 1.54) is 5.56 Å². The van der Waals surface area contributed by atoms with Gasteiger partial charge in [-0.3, -0.25) is 4.79 Å². The second kappa shape index (κ2) is 11.4. The third-order valence-electron chi connectivity index (χ3n) is 6.49. The van der Waals surface area contributed by atoms with E-state index in [1.807, 2.05) is 59.5 Å². The molecule has 1 fully saturated rings. The van der Waals surface area contributed by atoms with Crippen LogP contribution in [0.1, 0.15) is 34.3 Å². The second-order valence-electron chi connectivity index (χ2n) is 8.88. The maximum Gasteiger partial charge on any atom is 0.253 e. The molecule has 3 aromatic carbocycles. The number of hydrogen-bond donors (Lipinski definition) is 0. The molecule has 2 heterocycles. The number of amides is 1. The van der Waals surface area contributed by atoms with Gasteiger partial charge in [-0.05, 0) is 54.7 Å². The minimum absolute atomic E-state index is 0.133. The van der Waals surface area contributed by atoms with Crippen LogP contribution in [-0.2, 0) is 18.7 Å². The minimum atomic E-state index is 0.133. The molecule has 36 heavy (non-hydrogen) atoms. The molecule has 184 valence electrons. The van der Waals surface area contributed by atoms with Crippen LogP contribution in [0.3, 0.4) is 0 Å².